The number of halogens is 1. The molecule has 0 bridgehead atoms. The van der Waals surface area contributed by atoms with Gasteiger partial charge in [0.1, 0.15) is 0 Å². The van der Waals surface area contributed by atoms with Crippen LogP contribution in [0, 0.1) is 0 Å². The summed E-state index contributed by atoms with van der Waals surface area (Å²) in [6.07, 6.45) is 2.30. The Morgan fingerprint density at radius 1 is 1.31 bits per heavy atom. The lowest BCUT2D eigenvalue weighted by Crippen LogP contribution is -2.20. The van der Waals surface area contributed by atoms with E-state index >= 15 is 0 Å². The van der Waals surface area contributed by atoms with E-state index in [-0.39, 0.29) is 12.2 Å². The van der Waals surface area contributed by atoms with E-state index in [1.165, 1.54) is 0 Å². The van der Waals surface area contributed by atoms with Crippen LogP contribution >= 0.6 is 11.6 Å². The van der Waals surface area contributed by atoms with Crippen molar-refractivity contribution in [2.75, 3.05) is 6.61 Å². The largest absolute Gasteiger partial charge is 0.396 e. The summed E-state index contributed by atoms with van der Waals surface area (Å²) in [6.45, 7) is 0.587. The average Bonchev–Trinajstić information content (AvgIpc) is 2.28. The molecule has 0 aliphatic carbocycles. The molecule has 1 N–H and O–H groups in total. The first-order chi connectivity index (χ1) is 7.74. The first-order valence-electron chi connectivity index (χ1n) is 5.12. The quantitative estimate of drug-likeness (QED) is 0.888. The molecule has 2 aromatic rings. The molecule has 0 radical (unpaired) electrons. The van der Waals surface area contributed by atoms with E-state index < -0.39 is 0 Å². The molecular formula is C12H12ClNO2. The van der Waals surface area contributed by atoms with Crippen LogP contribution in [0.4, 0.5) is 0 Å². The second-order valence-electron chi connectivity index (χ2n) is 3.60. The highest BCUT2D eigenvalue weighted by molar-refractivity contribution is 6.35. The van der Waals surface area contributed by atoms with Crippen molar-refractivity contribution >= 4 is 22.4 Å². The Hall–Kier alpha value is -1.32. The van der Waals surface area contributed by atoms with E-state index in [9.17, 15) is 4.79 Å². The number of aliphatic hydroxyl groups excluding tert-OH is 1. The molecule has 1 heterocycles. The number of pyridine rings is 1. The zero-order valence-electron chi connectivity index (χ0n) is 8.69. The SMILES string of the molecule is O=c1c2c(Cl)cccc2ccn1CCCO. The minimum Gasteiger partial charge on any atom is -0.396 e. The number of aromatic nitrogens is 1. The van der Waals surface area contributed by atoms with Gasteiger partial charge in [-0.15, -0.1) is 0 Å². The molecule has 2 rings (SSSR count). The van der Waals surface area contributed by atoms with E-state index in [1.54, 1.807) is 16.8 Å². The predicted octanol–water partition coefficient (Wildman–Crippen LogP) is 2.04. The number of hydrogen-bond acceptors (Lipinski definition) is 2. The summed E-state index contributed by atoms with van der Waals surface area (Å²) in [5, 5.41) is 10.6. The summed E-state index contributed by atoms with van der Waals surface area (Å²) in [5.41, 5.74) is -0.100. The molecular weight excluding hydrogens is 226 g/mol. The summed E-state index contributed by atoms with van der Waals surface area (Å²) >= 11 is 6.01. The van der Waals surface area contributed by atoms with Gasteiger partial charge in [-0.3, -0.25) is 4.79 Å². The Morgan fingerprint density at radius 3 is 2.88 bits per heavy atom. The normalized spacial score (nSPS) is 10.9. The third-order valence-electron chi connectivity index (χ3n) is 2.51. The molecule has 1 aromatic carbocycles. The topological polar surface area (TPSA) is 42.2 Å². The van der Waals surface area contributed by atoms with Crippen molar-refractivity contribution in [2.45, 2.75) is 13.0 Å². The molecule has 0 atom stereocenters. The molecule has 3 nitrogen and oxygen atoms in total. The molecule has 0 spiro atoms. The monoisotopic (exact) mass is 237 g/mol. The number of hydrogen-bond donors (Lipinski definition) is 1. The van der Waals surface area contributed by atoms with Crippen molar-refractivity contribution in [1.82, 2.24) is 4.57 Å². The van der Waals surface area contributed by atoms with Crippen LogP contribution in [0.5, 0.6) is 0 Å². The zero-order chi connectivity index (χ0) is 11.5. The van der Waals surface area contributed by atoms with E-state index in [1.807, 2.05) is 18.2 Å². The predicted molar refractivity (Wildman–Crippen MR) is 64.9 cm³/mol. The Labute approximate surface area is 97.9 Å². The average molecular weight is 238 g/mol. The first kappa shape index (κ1) is 11.2. The van der Waals surface area contributed by atoms with Crippen LogP contribution in [0.1, 0.15) is 6.42 Å². The van der Waals surface area contributed by atoms with Gasteiger partial charge in [0, 0.05) is 19.3 Å². The summed E-state index contributed by atoms with van der Waals surface area (Å²) < 4.78 is 1.57. The van der Waals surface area contributed by atoms with Crippen molar-refractivity contribution in [3.05, 3.63) is 45.8 Å². The highest BCUT2D eigenvalue weighted by Crippen LogP contribution is 2.19. The maximum atomic E-state index is 12.1. The molecule has 0 saturated heterocycles. The van der Waals surface area contributed by atoms with E-state index in [0.29, 0.717) is 23.4 Å². The fourth-order valence-electron chi connectivity index (χ4n) is 1.70. The van der Waals surface area contributed by atoms with E-state index in [4.69, 9.17) is 16.7 Å². The van der Waals surface area contributed by atoms with Gasteiger partial charge in [0.25, 0.3) is 5.56 Å². The summed E-state index contributed by atoms with van der Waals surface area (Å²) in [5.74, 6) is 0. The summed E-state index contributed by atoms with van der Waals surface area (Å²) in [4.78, 5) is 12.1. The fourth-order valence-corrected chi connectivity index (χ4v) is 1.97. The summed E-state index contributed by atoms with van der Waals surface area (Å²) in [6, 6.07) is 7.25. The zero-order valence-corrected chi connectivity index (χ0v) is 9.44. The lowest BCUT2D eigenvalue weighted by atomic mass is 10.2. The summed E-state index contributed by atoms with van der Waals surface area (Å²) in [7, 11) is 0. The number of benzene rings is 1. The van der Waals surface area contributed by atoms with Gasteiger partial charge < -0.3 is 9.67 Å². The standard InChI is InChI=1S/C12H12ClNO2/c13-10-4-1-3-9-5-7-14(6-2-8-15)12(16)11(9)10/h1,3-5,7,15H,2,6,8H2. The third kappa shape index (κ3) is 1.96. The molecule has 0 aliphatic rings. The Bertz CT molecular complexity index is 562. The molecule has 0 amide bonds. The third-order valence-corrected chi connectivity index (χ3v) is 2.83. The maximum Gasteiger partial charge on any atom is 0.259 e. The lowest BCUT2D eigenvalue weighted by Gasteiger charge is -2.06. The van der Waals surface area contributed by atoms with Crippen LogP contribution in [-0.4, -0.2) is 16.3 Å². The highest BCUT2D eigenvalue weighted by atomic mass is 35.5. The second-order valence-corrected chi connectivity index (χ2v) is 4.00. The van der Waals surface area contributed by atoms with E-state index in [2.05, 4.69) is 0 Å². The van der Waals surface area contributed by atoms with Gasteiger partial charge in [-0.05, 0) is 23.9 Å². The van der Waals surface area contributed by atoms with Gasteiger partial charge in [0.05, 0.1) is 10.4 Å². The van der Waals surface area contributed by atoms with Crippen molar-refractivity contribution in [3.63, 3.8) is 0 Å². The van der Waals surface area contributed by atoms with E-state index in [0.717, 1.165) is 5.39 Å². The van der Waals surface area contributed by atoms with Gasteiger partial charge in [-0.1, -0.05) is 23.7 Å². The number of aryl methyl sites for hydroxylation is 1. The van der Waals surface area contributed by atoms with Gasteiger partial charge in [0.15, 0.2) is 0 Å². The van der Waals surface area contributed by atoms with Crippen LogP contribution in [0.25, 0.3) is 10.8 Å². The number of aliphatic hydroxyl groups is 1. The van der Waals surface area contributed by atoms with Gasteiger partial charge in [-0.2, -0.15) is 0 Å². The lowest BCUT2D eigenvalue weighted by molar-refractivity contribution is 0.279. The minimum absolute atomic E-state index is 0.0764. The number of rotatable bonds is 3. The van der Waals surface area contributed by atoms with Crippen LogP contribution in [0.15, 0.2) is 35.3 Å². The fraction of sp³-hybridized carbons (Fsp3) is 0.250. The van der Waals surface area contributed by atoms with Crippen molar-refractivity contribution < 1.29 is 5.11 Å². The molecule has 16 heavy (non-hydrogen) atoms. The molecule has 0 fully saturated rings. The van der Waals surface area contributed by atoms with Gasteiger partial charge >= 0.3 is 0 Å². The maximum absolute atomic E-state index is 12.1. The highest BCUT2D eigenvalue weighted by Gasteiger charge is 2.05. The van der Waals surface area contributed by atoms with Crippen LogP contribution in [0.2, 0.25) is 5.02 Å². The van der Waals surface area contributed by atoms with Gasteiger partial charge in [-0.25, -0.2) is 0 Å². The van der Waals surface area contributed by atoms with Crippen molar-refractivity contribution in [3.8, 4) is 0 Å². The molecule has 0 aliphatic heterocycles. The van der Waals surface area contributed by atoms with Gasteiger partial charge in [0.2, 0.25) is 0 Å². The Kier molecular flexibility index (Phi) is 3.27. The van der Waals surface area contributed by atoms with Crippen LogP contribution in [0.3, 0.4) is 0 Å². The smallest absolute Gasteiger partial charge is 0.259 e. The molecule has 0 saturated carbocycles. The van der Waals surface area contributed by atoms with Crippen molar-refractivity contribution in [2.24, 2.45) is 0 Å². The Balaban J connectivity index is 2.60. The first-order valence-corrected chi connectivity index (χ1v) is 5.50. The minimum atomic E-state index is -0.100. The molecule has 1 aromatic heterocycles. The number of nitrogens with zero attached hydrogens (tertiary/aromatic N) is 1. The Morgan fingerprint density at radius 2 is 2.12 bits per heavy atom. The molecule has 4 heteroatoms. The van der Waals surface area contributed by atoms with Crippen LogP contribution < -0.4 is 5.56 Å². The second kappa shape index (κ2) is 4.68. The number of fused-ring (bicyclic) bond motifs is 1. The molecule has 0 unspecified atom stereocenters. The molecule has 84 valence electrons. The van der Waals surface area contributed by atoms with Crippen molar-refractivity contribution in [1.29, 1.82) is 0 Å². The van der Waals surface area contributed by atoms with Crippen LogP contribution in [-0.2, 0) is 6.54 Å².